The van der Waals surface area contributed by atoms with Gasteiger partial charge in [0.05, 0.1) is 19.1 Å². The van der Waals surface area contributed by atoms with Crippen LogP contribution in [0.25, 0.3) is 0 Å². The molecule has 2 rings (SSSR count). The van der Waals surface area contributed by atoms with Gasteiger partial charge in [0.1, 0.15) is 17.4 Å². The van der Waals surface area contributed by atoms with Crippen molar-refractivity contribution in [2.45, 2.75) is 33.6 Å². The zero-order valence-electron chi connectivity index (χ0n) is 14.3. The van der Waals surface area contributed by atoms with Crippen molar-refractivity contribution in [3.8, 4) is 6.07 Å². The highest BCUT2D eigenvalue weighted by Crippen LogP contribution is 2.25. The monoisotopic (exact) mass is 333 g/mol. The van der Waals surface area contributed by atoms with Gasteiger partial charge in [0, 0.05) is 12.1 Å². The Balaban J connectivity index is 1.94. The summed E-state index contributed by atoms with van der Waals surface area (Å²) in [5, 5.41) is 11.8. The lowest BCUT2D eigenvalue weighted by atomic mass is 9.98. The van der Waals surface area contributed by atoms with E-state index in [9.17, 15) is 14.9 Å². The predicted molar refractivity (Wildman–Crippen MR) is 87.3 cm³/mol. The molecule has 1 saturated heterocycles. The second-order valence-corrected chi connectivity index (χ2v) is 5.97. The van der Waals surface area contributed by atoms with Crippen molar-refractivity contribution in [1.29, 1.82) is 5.26 Å². The molecule has 1 aliphatic heterocycles. The number of piperidine rings is 1. The molecule has 130 valence electrons. The maximum atomic E-state index is 12.2. The minimum Gasteiger partial charge on any atom is -0.466 e. The largest absolute Gasteiger partial charge is 0.466 e. The third-order valence-electron chi connectivity index (χ3n) is 4.24. The Hall–Kier alpha value is -2.33. The lowest BCUT2D eigenvalue weighted by molar-refractivity contribution is -0.150. The number of rotatable bonds is 5. The van der Waals surface area contributed by atoms with Gasteiger partial charge in [0.25, 0.3) is 0 Å². The summed E-state index contributed by atoms with van der Waals surface area (Å²) in [6.45, 7) is 7.09. The van der Waals surface area contributed by atoms with E-state index in [1.807, 2.05) is 11.0 Å². The van der Waals surface area contributed by atoms with Crippen LogP contribution in [0.2, 0.25) is 0 Å². The first kappa shape index (κ1) is 18.0. The van der Waals surface area contributed by atoms with Crippen LogP contribution in [-0.4, -0.2) is 43.0 Å². The van der Waals surface area contributed by atoms with Crippen LogP contribution in [0, 0.1) is 31.1 Å². The molecule has 1 aromatic heterocycles. The number of carbonyl (C=O) groups is 2. The van der Waals surface area contributed by atoms with Gasteiger partial charge in [-0.15, -0.1) is 0 Å². The fraction of sp³-hybridized carbons (Fsp3) is 0.588. The van der Waals surface area contributed by atoms with Crippen molar-refractivity contribution in [3.05, 3.63) is 16.9 Å². The number of amides is 1. The van der Waals surface area contributed by atoms with E-state index in [-0.39, 0.29) is 30.2 Å². The summed E-state index contributed by atoms with van der Waals surface area (Å²) in [6, 6.07) is 2.05. The first-order valence-electron chi connectivity index (χ1n) is 8.15. The molecule has 0 aliphatic carbocycles. The van der Waals surface area contributed by atoms with Gasteiger partial charge in [-0.05, 0) is 40.2 Å². The summed E-state index contributed by atoms with van der Waals surface area (Å²) in [7, 11) is 0. The van der Waals surface area contributed by atoms with Gasteiger partial charge in [-0.3, -0.25) is 19.8 Å². The molecule has 0 unspecified atom stereocenters. The number of nitrogens with one attached hydrogen (secondary N) is 1. The third-order valence-corrected chi connectivity index (χ3v) is 4.24. The van der Waals surface area contributed by atoms with Crippen LogP contribution in [0.1, 0.15) is 36.7 Å². The Kier molecular flexibility index (Phi) is 5.99. The molecule has 1 fully saturated rings. The minimum atomic E-state index is -0.259. The van der Waals surface area contributed by atoms with Gasteiger partial charge in [-0.2, -0.15) is 5.26 Å². The van der Waals surface area contributed by atoms with E-state index in [4.69, 9.17) is 9.15 Å². The van der Waals surface area contributed by atoms with Crippen molar-refractivity contribution in [3.63, 3.8) is 0 Å². The van der Waals surface area contributed by atoms with E-state index in [0.717, 1.165) is 24.9 Å². The molecule has 7 heteroatoms. The number of hydrogen-bond acceptors (Lipinski definition) is 6. The van der Waals surface area contributed by atoms with Crippen LogP contribution in [0.5, 0.6) is 0 Å². The van der Waals surface area contributed by atoms with Gasteiger partial charge in [-0.25, -0.2) is 0 Å². The van der Waals surface area contributed by atoms with Crippen LogP contribution in [0.4, 0.5) is 5.88 Å². The van der Waals surface area contributed by atoms with Crippen LogP contribution in [0.15, 0.2) is 4.42 Å². The first-order chi connectivity index (χ1) is 11.5. The zero-order chi connectivity index (χ0) is 17.7. The van der Waals surface area contributed by atoms with E-state index in [1.54, 1.807) is 20.8 Å². The molecule has 1 aliphatic rings. The Labute approximate surface area is 141 Å². The average Bonchev–Trinajstić information content (AvgIpc) is 2.81. The molecular weight excluding hydrogens is 310 g/mol. The second-order valence-electron chi connectivity index (χ2n) is 5.97. The quantitative estimate of drug-likeness (QED) is 0.828. The molecule has 0 spiro atoms. The molecule has 0 aromatic carbocycles. The van der Waals surface area contributed by atoms with Gasteiger partial charge in [0.2, 0.25) is 11.8 Å². The van der Waals surface area contributed by atoms with Crippen LogP contribution in [-0.2, 0) is 14.3 Å². The minimum absolute atomic E-state index is 0.152. The Morgan fingerprint density at radius 3 is 2.88 bits per heavy atom. The van der Waals surface area contributed by atoms with E-state index < -0.39 is 0 Å². The third kappa shape index (κ3) is 4.15. The average molecular weight is 333 g/mol. The van der Waals surface area contributed by atoms with Crippen molar-refractivity contribution in [2.75, 3.05) is 31.6 Å². The number of ether oxygens (including phenoxy) is 1. The number of furan rings is 1. The number of esters is 1. The number of nitriles is 1. The number of anilines is 1. The molecule has 2 heterocycles. The highest BCUT2D eigenvalue weighted by Gasteiger charge is 2.28. The smallest absolute Gasteiger partial charge is 0.310 e. The molecule has 0 saturated carbocycles. The van der Waals surface area contributed by atoms with E-state index in [0.29, 0.717) is 24.5 Å². The van der Waals surface area contributed by atoms with Crippen molar-refractivity contribution < 1.29 is 18.7 Å². The van der Waals surface area contributed by atoms with Gasteiger partial charge in [0.15, 0.2) is 0 Å². The standard InChI is InChI=1S/C17H23N3O4/c1-4-23-17(22)13-6-5-7-20(9-13)10-15(21)19-16-14(8-18)11(2)12(3)24-16/h13H,4-7,9-10H2,1-3H3,(H,19,21)/t13-/m1/s1. The summed E-state index contributed by atoms with van der Waals surface area (Å²) >= 11 is 0. The maximum absolute atomic E-state index is 12.2. The molecule has 1 amide bonds. The summed E-state index contributed by atoms with van der Waals surface area (Å²) in [5.74, 6) is 0.157. The SMILES string of the molecule is CCOC(=O)[C@@H]1CCCN(CC(=O)Nc2oc(C)c(C)c2C#N)C1. The normalized spacial score (nSPS) is 18.0. The highest BCUT2D eigenvalue weighted by molar-refractivity contribution is 5.92. The predicted octanol–water partition coefficient (Wildman–Crippen LogP) is 1.98. The Morgan fingerprint density at radius 1 is 1.46 bits per heavy atom. The number of carbonyl (C=O) groups excluding carboxylic acids is 2. The lowest BCUT2D eigenvalue weighted by Crippen LogP contribution is -2.43. The second kappa shape index (κ2) is 7.97. The number of hydrogen-bond donors (Lipinski definition) is 1. The molecule has 1 atom stereocenters. The molecule has 24 heavy (non-hydrogen) atoms. The highest BCUT2D eigenvalue weighted by atomic mass is 16.5. The van der Waals surface area contributed by atoms with Crippen molar-refractivity contribution >= 4 is 17.8 Å². The summed E-state index contributed by atoms with van der Waals surface area (Å²) < 4.78 is 10.5. The lowest BCUT2D eigenvalue weighted by Gasteiger charge is -2.30. The molecule has 1 aromatic rings. The van der Waals surface area contributed by atoms with Gasteiger partial charge < -0.3 is 9.15 Å². The number of nitrogens with zero attached hydrogens (tertiary/aromatic N) is 2. The fourth-order valence-electron chi connectivity index (χ4n) is 2.87. The van der Waals surface area contributed by atoms with Crippen LogP contribution >= 0.6 is 0 Å². The summed E-state index contributed by atoms with van der Waals surface area (Å²) in [4.78, 5) is 26.0. The molecular formula is C17H23N3O4. The topological polar surface area (TPSA) is 95.6 Å². The van der Waals surface area contributed by atoms with E-state index in [2.05, 4.69) is 5.32 Å². The van der Waals surface area contributed by atoms with Crippen LogP contribution in [0.3, 0.4) is 0 Å². The van der Waals surface area contributed by atoms with Crippen molar-refractivity contribution in [1.82, 2.24) is 4.90 Å². The Morgan fingerprint density at radius 2 is 2.21 bits per heavy atom. The molecule has 1 N–H and O–H groups in total. The maximum Gasteiger partial charge on any atom is 0.310 e. The van der Waals surface area contributed by atoms with E-state index in [1.165, 1.54) is 0 Å². The van der Waals surface area contributed by atoms with E-state index >= 15 is 0 Å². The number of likely N-dealkylation sites (tertiary alicyclic amines) is 1. The molecule has 0 bridgehead atoms. The molecule has 0 radical (unpaired) electrons. The summed E-state index contributed by atoms with van der Waals surface area (Å²) in [6.07, 6.45) is 1.63. The molecule has 7 nitrogen and oxygen atoms in total. The number of aryl methyl sites for hydroxylation is 1. The first-order valence-corrected chi connectivity index (χ1v) is 8.15. The fourth-order valence-corrected chi connectivity index (χ4v) is 2.87. The van der Waals surface area contributed by atoms with Crippen LogP contribution < -0.4 is 5.32 Å². The zero-order valence-corrected chi connectivity index (χ0v) is 14.3. The summed E-state index contributed by atoms with van der Waals surface area (Å²) in [5.41, 5.74) is 1.08. The Bertz CT molecular complexity index is 660. The van der Waals surface area contributed by atoms with Gasteiger partial charge in [-0.1, -0.05) is 0 Å². The van der Waals surface area contributed by atoms with Crippen molar-refractivity contribution in [2.24, 2.45) is 5.92 Å². The van der Waals surface area contributed by atoms with Gasteiger partial charge >= 0.3 is 5.97 Å².